The standard InChI is InChI=1S/C11H21N5O/c1-8(2)5-13-6-10-7-16(15-14-10)9(3)11(17)12-4/h7-9,13H,5-6H2,1-4H3,(H,12,17). The predicted octanol–water partition coefficient (Wildman–Crippen LogP) is 0.331. The van der Waals surface area contributed by atoms with Crippen LogP contribution < -0.4 is 10.6 Å². The van der Waals surface area contributed by atoms with Crippen LogP contribution >= 0.6 is 0 Å². The smallest absolute Gasteiger partial charge is 0.244 e. The van der Waals surface area contributed by atoms with Gasteiger partial charge in [-0.25, -0.2) is 4.68 Å². The van der Waals surface area contributed by atoms with Crippen molar-refractivity contribution in [2.75, 3.05) is 13.6 Å². The van der Waals surface area contributed by atoms with E-state index >= 15 is 0 Å². The first kappa shape index (κ1) is 13.6. The van der Waals surface area contributed by atoms with Gasteiger partial charge in [-0.05, 0) is 19.4 Å². The molecule has 0 saturated carbocycles. The second-order valence-electron chi connectivity index (χ2n) is 4.50. The molecular formula is C11H21N5O. The number of rotatable bonds is 6. The SMILES string of the molecule is CNC(=O)C(C)n1cc(CNCC(C)C)nn1. The molecule has 6 nitrogen and oxygen atoms in total. The van der Waals surface area contributed by atoms with E-state index in [1.54, 1.807) is 24.9 Å². The van der Waals surface area contributed by atoms with Crippen LogP contribution in [-0.4, -0.2) is 34.5 Å². The average molecular weight is 239 g/mol. The second kappa shape index (κ2) is 6.34. The minimum atomic E-state index is -0.327. The summed E-state index contributed by atoms with van der Waals surface area (Å²) < 4.78 is 1.57. The van der Waals surface area contributed by atoms with Gasteiger partial charge >= 0.3 is 0 Å². The van der Waals surface area contributed by atoms with Crippen molar-refractivity contribution >= 4 is 5.91 Å². The fourth-order valence-corrected chi connectivity index (χ4v) is 1.40. The summed E-state index contributed by atoms with van der Waals surface area (Å²) in [4.78, 5) is 11.4. The van der Waals surface area contributed by atoms with Crippen LogP contribution in [0.25, 0.3) is 0 Å². The molecule has 0 aliphatic carbocycles. The number of amides is 1. The molecule has 1 amide bonds. The van der Waals surface area contributed by atoms with Gasteiger partial charge in [-0.3, -0.25) is 4.79 Å². The van der Waals surface area contributed by atoms with Gasteiger partial charge in [0, 0.05) is 13.6 Å². The molecule has 6 heteroatoms. The van der Waals surface area contributed by atoms with E-state index in [1.807, 2.05) is 0 Å². The Bertz CT molecular complexity index is 360. The van der Waals surface area contributed by atoms with Crippen LogP contribution in [0.3, 0.4) is 0 Å². The maximum Gasteiger partial charge on any atom is 0.244 e. The maximum atomic E-state index is 11.4. The molecule has 0 spiro atoms. The van der Waals surface area contributed by atoms with E-state index in [0.717, 1.165) is 12.2 Å². The zero-order valence-corrected chi connectivity index (χ0v) is 10.9. The third-order valence-corrected chi connectivity index (χ3v) is 2.44. The Labute approximate surface area is 102 Å². The van der Waals surface area contributed by atoms with E-state index in [-0.39, 0.29) is 11.9 Å². The quantitative estimate of drug-likeness (QED) is 0.750. The van der Waals surface area contributed by atoms with Crippen LogP contribution in [0.15, 0.2) is 6.20 Å². The lowest BCUT2D eigenvalue weighted by Crippen LogP contribution is -2.28. The summed E-state index contributed by atoms with van der Waals surface area (Å²) in [5.74, 6) is 0.534. The largest absolute Gasteiger partial charge is 0.357 e. The summed E-state index contributed by atoms with van der Waals surface area (Å²) in [6.45, 7) is 7.71. The summed E-state index contributed by atoms with van der Waals surface area (Å²) in [6, 6.07) is -0.327. The summed E-state index contributed by atoms with van der Waals surface area (Å²) >= 11 is 0. The topological polar surface area (TPSA) is 71.8 Å². The normalized spacial score (nSPS) is 12.8. The fourth-order valence-electron chi connectivity index (χ4n) is 1.40. The van der Waals surface area contributed by atoms with Crippen molar-refractivity contribution in [2.45, 2.75) is 33.4 Å². The fraction of sp³-hybridized carbons (Fsp3) is 0.727. The Balaban J connectivity index is 2.50. The van der Waals surface area contributed by atoms with Crippen molar-refractivity contribution in [2.24, 2.45) is 5.92 Å². The lowest BCUT2D eigenvalue weighted by atomic mass is 10.2. The lowest BCUT2D eigenvalue weighted by molar-refractivity contribution is -0.123. The van der Waals surface area contributed by atoms with Crippen LogP contribution in [0.5, 0.6) is 0 Å². The number of nitrogens with zero attached hydrogens (tertiary/aromatic N) is 3. The number of carbonyl (C=O) groups excluding carboxylic acids is 1. The molecule has 1 aromatic heterocycles. The lowest BCUT2D eigenvalue weighted by Gasteiger charge is -2.08. The molecule has 0 saturated heterocycles. The average Bonchev–Trinajstić information content (AvgIpc) is 2.75. The van der Waals surface area contributed by atoms with Gasteiger partial charge < -0.3 is 10.6 Å². The Hall–Kier alpha value is -1.43. The Kier molecular flexibility index (Phi) is 5.09. The van der Waals surface area contributed by atoms with Crippen molar-refractivity contribution in [3.63, 3.8) is 0 Å². The summed E-state index contributed by atoms with van der Waals surface area (Å²) in [5.41, 5.74) is 0.849. The molecule has 0 radical (unpaired) electrons. The molecule has 0 aliphatic heterocycles. The predicted molar refractivity (Wildman–Crippen MR) is 65.3 cm³/mol. The molecule has 1 heterocycles. The van der Waals surface area contributed by atoms with Crippen LogP contribution in [0.1, 0.15) is 32.5 Å². The first-order valence-electron chi connectivity index (χ1n) is 5.87. The van der Waals surface area contributed by atoms with Gasteiger partial charge in [0.15, 0.2) is 0 Å². The Morgan fingerprint density at radius 1 is 1.47 bits per heavy atom. The van der Waals surface area contributed by atoms with Gasteiger partial charge in [0.1, 0.15) is 6.04 Å². The summed E-state index contributed by atoms with van der Waals surface area (Å²) in [5, 5.41) is 13.8. The molecular weight excluding hydrogens is 218 g/mol. The monoisotopic (exact) mass is 239 g/mol. The molecule has 0 aromatic carbocycles. The van der Waals surface area contributed by atoms with Crippen LogP contribution in [0.2, 0.25) is 0 Å². The first-order chi connectivity index (χ1) is 8.04. The number of nitrogens with one attached hydrogen (secondary N) is 2. The van der Waals surface area contributed by atoms with Gasteiger partial charge in [-0.1, -0.05) is 19.1 Å². The van der Waals surface area contributed by atoms with Gasteiger partial charge in [0.05, 0.1) is 11.9 Å². The van der Waals surface area contributed by atoms with Crippen LogP contribution in [0.4, 0.5) is 0 Å². The zero-order valence-electron chi connectivity index (χ0n) is 10.9. The van der Waals surface area contributed by atoms with Gasteiger partial charge in [0.25, 0.3) is 0 Å². The third-order valence-electron chi connectivity index (χ3n) is 2.44. The number of aromatic nitrogens is 3. The second-order valence-corrected chi connectivity index (χ2v) is 4.50. The maximum absolute atomic E-state index is 11.4. The van der Waals surface area contributed by atoms with E-state index in [1.165, 1.54) is 0 Å². The van der Waals surface area contributed by atoms with E-state index < -0.39 is 0 Å². The number of hydrogen-bond acceptors (Lipinski definition) is 4. The zero-order chi connectivity index (χ0) is 12.8. The van der Waals surface area contributed by atoms with Gasteiger partial charge in [-0.2, -0.15) is 0 Å². The summed E-state index contributed by atoms with van der Waals surface area (Å²) in [6.07, 6.45) is 1.80. The molecule has 96 valence electrons. The van der Waals surface area contributed by atoms with Gasteiger partial charge in [0.2, 0.25) is 5.91 Å². The number of hydrogen-bond donors (Lipinski definition) is 2. The summed E-state index contributed by atoms with van der Waals surface area (Å²) in [7, 11) is 1.61. The van der Waals surface area contributed by atoms with Crippen molar-refractivity contribution in [1.29, 1.82) is 0 Å². The molecule has 1 aromatic rings. The van der Waals surface area contributed by atoms with Crippen molar-refractivity contribution in [3.8, 4) is 0 Å². The minimum Gasteiger partial charge on any atom is -0.357 e. The number of likely N-dealkylation sites (N-methyl/N-ethyl adjacent to an activating group) is 1. The molecule has 0 bridgehead atoms. The highest BCUT2D eigenvalue weighted by Gasteiger charge is 2.14. The van der Waals surface area contributed by atoms with Gasteiger partial charge in [-0.15, -0.1) is 5.10 Å². The Morgan fingerprint density at radius 3 is 2.76 bits per heavy atom. The highest BCUT2D eigenvalue weighted by atomic mass is 16.2. The highest BCUT2D eigenvalue weighted by molar-refractivity contribution is 5.79. The van der Waals surface area contributed by atoms with Crippen LogP contribution in [-0.2, 0) is 11.3 Å². The third kappa shape index (κ3) is 4.14. The molecule has 17 heavy (non-hydrogen) atoms. The van der Waals surface area contributed by atoms with Crippen molar-refractivity contribution < 1.29 is 4.79 Å². The van der Waals surface area contributed by atoms with E-state index in [4.69, 9.17) is 0 Å². The first-order valence-corrected chi connectivity index (χ1v) is 5.87. The minimum absolute atomic E-state index is 0.0726. The molecule has 0 aliphatic rings. The molecule has 2 N–H and O–H groups in total. The highest BCUT2D eigenvalue weighted by Crippen LogP contribution is 2.04. The van der Waals surface area contributed by atoms with Crippen molar-refractivity contribution in [1.82, 2.24) is 25.6 Å². The number of carbonyl (C=O) groups is 1. The van der Waals surface area contributed by atoms with E-state index in [9.17, 15) is 4.79 Å². The molecule has 1 atom stereocenters. The van der Waals surface area contributed by atoms with Crippen LogP contribution in [0, 0.1) is 5.92 Å². The molecule has 0 fully saturated rings. The van der Waals surface area contributed by atoms with Crippen molar-refractivity contribution in [3.05, 3.63) is 11.9 Å². The Morgan fingerprint density at radius 2 is 2.18 bits per heavy atom. The van der Waals surface area contributed by atoms with E-state index in [2.05, 4.69) is 34.8 Å². The molecule has 1 rings (SSSR count). The molecule has 1 unspecified atom stereocenters. The van der Waals surface area contributed by atoms with E-state index in [0.29, 0.717) is 12.5 Å².